The van der Waals surface area contributed by atoms with Crippen LogP contribution in [0.15, 0.2) is 102 Å². The summed E-state index contributed by atoms with van der Waals surface area (Å²) in [5.41, 5.74) is 1.36. The van der Waals surface area contributed by atoms with E-state index >= 15 is 0 Å². The third-order valence-electron chi connectivity index (χ3n) is 6.18. The van der Waals surface area contributed by atoms with Crippen molar-refractivity contribution in [2.24, 2.45) is 0 Å². The molecule has 1 aliphatic heterocycles. The highest BCUT2D eigenvalue weighted by Crippen LogP contribution is 2.41. The second-order valence-corrected chi connectivity index (χ2v) is 11.6. The van der Waals surface area contributed by atoms with Gasteiger partial charge in [0.25, 0.3) is 10.0 Å². The van der Waals surface area contributed by atoms with Crippen molar-refractivity contribution < 1.29 is 22.7 Å². The molecule has 0 spiro atoms. The number of anilines is 2. The van der Waals surface area contributed by atoms with Crippen LogP contribution in [0.25, 0.3) is 0 Å². The highest BCUT2D eigenvalue weighted by atomic mass is 35.5. The molecule has 1 aliphatic rings. The van der Waals surface area contributed by atoms with E-state index in [0.717, 1.165) is 9.87 Å². The van der Waals surface area contributed by atoms with Crippen LogP contribution in [0.1, 0.15) is 12.0 Å². The van der Waals surface area contributed by atoms with Gasteiger partial charge in [-0.15, -0.1) is 0 Å². The standard InChI is InChI=1S/C29H23Cl2N3O5S/c30-20-10-13-22(14-11-20)39-26-15-12-21(31)16-27(26)40(37,38)34-24-9-5-4-8-23(24)33-29(36)25(34)17-28(35)32-18-19-6-2-1-3-7-19/h1-16,25H,17-18H2,(H,32,35)(H,33,36). The van der Waals surface area contributed by atoms with Crippen molar-refractivity contribution in [2.45, 2.75) is 23.9 Å². The van der Waals surface area contributed by atoms with Gasteiger partial charge in [-0.2, -0.15) is 0 Å². The Balaban J connectivity index is 1.52. The molecule has 4 aromatic carbocycles. The molecule has 5 rings (SSSR count). The van der Waals surface area contributed by atoms with Gasteiger partial charge in [0.15, 0.2) is 0 Å². The number of nitrogens with zero attached hydrogens (tertiary/aromatic N) is 1. The number of fused-ring (bicyclic) bond motifs is 1. The van der Waals surface area contributed by atoms with E-state index in [-0.39, 0.29) is 27.9 Å². The number of para-hydroxylation sites is 2. The van der Waals surface area contributed by atoms with E-state index < -0.39 is 34.3 Å². The van der Waals surface area contributed by atoms with Gasteiger partial charge in [0, 0.05) is 16.6 Å². The predicted octanol–water partition coefficient (Wildman–Crippen LogP) is 6.01. The van der Waals surface area contributed by atoms with Crippen LogP contribution >= 0.6 is 23.2 Å². The summed E-state index contributed by atoms with van der Waals surface area (Å²) in [4.78, 5) is 26.0. The minimum absolute atomic E-state index is 0.0116. The zero-order chi connectivity index (χ0) is 28.3. The van der Waals surface area contributed by atoms with Gasteiger partial charge in [0.2, 0.25) is 11.8 Å². The molecule has 2 N–H and O–H groups in total. The minimum Gasteiger partial charge on any atom is -0.456 e. The van der Waals surface area contributed by atoms with E-state index in [1.807, 2.05) is 30.3 Å². The normalized spacial score (nSPS) is 14.7. The summed E-state index contributed by atoms with van der Waals surface area (Å²) < 4.78 is 35.6. The van der Waals surface area contributed by atoms with Crippen molar-refractivity contribution in [1.82, 2.24) is 5.32 Å². The summed E-state index contributed by atoms with van der Waals surface area (Å²) in [7, 11) is -4.49. The van der Waals surface area contributed by atoms with Crippen LogP contribution in [-0.2, 0) is 26.2 Å². The van der Waals surface area contributed by atoms with E-state index in [1.54, 1.807) is 48.5 Å². The molecule has 0 fully saturated rings. The molecule has 0 radical (unpaired) electrons. The van der Waals surface area contributed by atoms with Crippen LogP contribution in [0.5, 0.6) is 11.5 Å². The van der Waals surface area contributed by atoms with Gasteiger partial charge < -0.3 is 15.4 Å². The lowest BCUT2D eigenvalue weighted by Gasteiger charge is -2.37. The first-order chi connectivity index (χ1) is 19.2. The van der Waals surface area contributed by atoms with E-state index in [0.29, 0.717) is 16.5 Å². The van der Waals surface area contributed by atoms with E-state index in [9.17, 15) is 18.0 Å². The zero-order valence-corrected chi connectivity index (χ0v) is 23.2. The quantitative estimate of drug-likeness (QED) is 0.259. The smallest absolute Gasteiger partial charge is 0.268 e. The zero-order valence-electron chi connectivity index (χ0n) is 20.9. The molecule has 40 heavy (non-hydrogen) atoms. The molecular formula is C29H23Cl2N3O5S. The van der Waals surface area contributed by atoms with E-state index in [1.165, 1.54) is 18.2 Å². The van der Waals surface area contributed by atoms with Crippen molar-refractivity contribution in [2.75, 3.05) is 9.62 Å². The van der Waals surface area contributed by atoms with Gasteiger partial charge in [-0.3, -0.25) is 13.9 Å². The lowest BCUT2D eigenvalue weighted by molar-refractivity contribution is -0.125. The van der Waals surface area contributed by atoms with Crippen LogP contribution in [0, 0.1) is 0 Å². The van der Waals surface area contributed by atoms with Crippen LogP contribution in [0.2, 0.25) is 10.0 Å². The Kier molecular flexibility index (Phi) is 7.97. The number of nitrogens with one attached hydrogen (secondary N) is 2. The fourth-order valence-corrected chi connectivity index (χ4v) is 6.42. The van der Waals surface area contributed by atoms with Gasteiger partial charge in [-0.1, -0.05) is 65.7 Å². The van der Waals surface area contributed by atoms with Crippen molar-refractivity contribution in [3.63, 3.8) is 0 Å². The Bertz CT molecular complexity index is 1670. The van der Waals surface area contributed by atoms with E-state index in [2.05, 4.69) is 10.6 Å². The maximum absolute atomic E-state index is 14.3. The monoisotopic (exact) mass is 595 g/mol. The van der Waals surface area contributed by atoms with Gasteiger partial charge in [-0.25, -0.2) is 8.42 Å². The number of hydrogen-bond donors (Lipinski definition) is 2. The Morgan fingerprint density at radius 1 is 0.900 bits per heavy atom. The topological polar surface area (TPSA) is 105 Å². The van der Waals surface area contributed by atoms with Gasteiger partial charge in [0.1, 0.15) is 22.4 Å². The Labute approximate surface area is 241 Å². The second kappa shape index (κ2) is 11.6. The highest BCUT2D eigenvalue weighted by Gasteiger charge is 2.43. The summed E-state index contributed by atoms with van der Waals surface area (Å²) in [5.74, 6) is -0.800. The van der Waals surface area contributed by atoms with Gasteiger partial charge in [-0.05, 0) is 60.2 Å². The van der Waals surface area contributed by atoms with Crippen LogP contribution in [0.4, 0.5) is 11.4 Å². The molecule has 11 heteroatoms. The Morgan fingerprint density at radius 2 is 1.57 bits per heavy atom. The minimum atomic E-state index is -4.49. The molecule has 4 aromatic rings. The maximum Gasteiger partial charge on any atom is 0.268 e. The predicted molar refractivity (Wildman–Crippen MR) is 154 cm³/mol. The fraction of sp³-hybridized carbons (Fsp3) is 0.103. The first-order valence-electron chi connectivity index (χ1n) is 12.2. The summed E-state index contributed by atoms with van der Waals surface area (Å²) >= 11 is 12.2. The van der Waals surface area contributed by atoms with Gasteiger partial charge >= 0.3 is 0 Å². The Morgan fingerprint density at radius 3 is 2.33 bits per heavy atom. The molecule has 0 bridgehead atoms. The summed E-state index contributed by atoms with van der Waals surface area (Å²) in [6, 6.07) is 24.9. The second-order valence-electron chi connectivity index (χ2n) is 8.94. The van der Waals surface area contributed by atoms with Crippen molar-refractivity contribution in [3.05, 3.63) is 113 Å². The van der Waals surface area contributed by atoms with Crippen molar-refractivity contribution >= 4 is 56.4 Å². The first kappa shape index (κ1) is 27.5. The largest absolute Gasteiger partial charge is 0.456 e. The molecule has 204 valence electrons. The molecule has 0 saturated heterocycles. The van der Waals surface area contributed by atoms with Crippen molar-refractivity contribution in [3.8, 4) is 11.5 Å². The SMILES string of the molecule is O=C(CC1C(=O)Nc2ccccc2N1S(=O)(=O)c1cc(Cl)ccc1Oc1ccc(Cl)cc1)NCc1ccccc1. The third-order valence-corrected chi connectivity index (χ3v) is 8.51. The number of hydrogen-bond acceptors (Lipinski definition) is 5. The fourth-order valence-electron chi connectivity index (χ4n) is 4.28. The maximum atomic E-state index is 14.3. The number of rotatable bonds is 8. The summed E-state index contributed by atoms with van der Waals surface area (Å²) in [6.07, 6.45) is -0.416. The summed E-state index contributed by atoms with van der Waals surface area (Å²) in [6.45, 7) is 0.227. The number of carbonyl (C=O) groups is 2. The molecule has 1 atom stereocenters. The first-order valence-corrected chi connectivity index (χ1v) is 14.4. The molecule has 0 saturated carbocycles. The lowest BCUT2D eigenvalue weighted by atomic mass is 10.1. The molecule has 8 nitrogen and oxygen atoms in total. The number of benzene rings is 4. The molecule has 0 aromatic heterocycles. The number of halogens is 2. The average Bonchev–Trinajstić information content (AvgIpc) is 2.95. The number of amides is 2. The van der Waals surface area contributed by atoms with Crippen LogP contribution in [-0.4, -0.2) is 26.3 Å². The molecular weight excluding hydrogens is 573 g/mol. The lowest BCUT2D eigenvalue weighted by Crippen LogP contribution is -2.52. The molecule has 2 amide bonds. The van der Waals surface area contributed by atoms with Gasteiger partial charge in [0.05, 0.1) is 17.8 Å². The third kappa shape index (κ3) is 5.91. The average molecular weight is 596 g/mol. The van der Waals surface area contributed by atoms with Crippen LogP contribution in [0.3, 0.4) is 0 Å². The van der Waals surface area contributed by atoms with E-state index in [4.69, 9.17) is 27.9 Å². The van der Waals surface area contributed by atoms with Crippen LogP contribution < -0.4 is 19.7 Å². The highest BCUT2D eigenvalue weighted by molar-refractivity contribution is 7.93. The molecule has 0 aliphatic carbocycles. The molecule has 1 heterocycles. The number of carbonyl (C=O) groups excluding carboxylic acids is 2. The Hall–Kier alpha value is -4.05. The van der Waals surface area contributed by atoms with Crippen molar-refractivity contribution in [1.29, 1.82) is 0 Å². The number of ether oxygens (including phenoxy) is 1. The molecule has 1 unspecified atom stereocenters. The summed E-state index contributed by atoms with van der Waals surface area (Å²) in [5, 5.41) is 6.12. The number of sulfonamides is 1.